The van der Waals surface area contributed by atoms with Crippen molar-refractivity contribution < 1.29 is 13.2 Å². The lowest BCUT2D eigenvalue weighted by atomic mass is 10.0. The first-order valence-corrected chi connectivity index (χ1v) is 6.89. The Morgan fingerprint density at radius 1 is 1.42 bits per heavy atom. The van der Waals surface area contributed by atoms with E-state index >= 15 is 0 Å². The summed E-state index contributed by atoms with van der Waals surface area (Å²) in [5, 5.41) is 4.49. The SMILES string of the molecule is CCNc1ccc(/C(C)=C/SCN)cc1C(F)(F)F. The molecule has 2 nitrogen and oxygen atoms in total. The Morgan fingerprint density at radius 3 is 2.63 bits per heavy atom. The van der Waals surface area contributed by atoms with Crippen LogP contribution in [0.4, 0.5) is 18.9 Å². The molecule has 0 radical (unpaired) electrons. The van der Waals surface area contributed by atoms with E-state index in [9.17, 15) is 13.2 Å². The highest BCUT2D eigenvalue weighted by atomic mass is 32.2. The average Bonchev–Trinajstić information content (AvgIpc) is 2.35. The van der Waals surface area contributed by atoms with Gasteiger partial charge in [0.2, 0.25) is 0 Å². The van der Waals surface area contributed by atoms with Crippen LogP contribution >= 0.6 is 11.8 Å². The average molecular weight is 290 g/mol. The molecule has 0 aliphatic carbocycles. The van der Waals surface area contributed by atoms with Gasteiger partial charge >= 0.3 is 6.18 Å². The van der Waals surface area contributed by atoms with E-state index in [-0.39, 0.29) is 5.69 Å². The molecule has 0 amide bonds. The topological polar surface area (TPSA) is 38.0 Å². The van der Waals surface area contributed by atoms with Gasteiger partial charge in [0.1, 0.15) is 0 Å². The first-order valence-electron chi connectivity index (χ1n) is 5.84. The van der Waals surface area contributed by atoms with Crippen LogP contribution in [0.3, 0.4) is 0 Å². The lowest BCUT2D eigenvalue weighted by Gasteiger charge is -2.15. The van der Waals surface area contributed by atoms with Gasteiger partial charge in [-0.3, -0.25) is 0 Å². The Hall–Kier alpha value is -1.14. The van der Waals surface area contributed by atoms with Crippen molar-refractivity contribution in [3.8, 4) is 0 Å². The number of halogens is 3. The normalized spacial score (nSPS) is 12.6. The van der Waals surface area contributed by atoms with Gasteiger partial charge in [0.15, 0.2) is 0 Å². The van der Waals surface area contributed by atoms with E-state index < -0.39 is 11.7 Å². The van der Waals surface area contributed by atoms with Crippen molar-refractivity contribution >= 4 is 23.0 Å². The minimum absolute atomic E-state index is 0.109. The number of thioether (sulfide) groups is 1. The number of nitrogens with two attached hydrogens (primary N) is 1. The van der Waals surface area contributed by atoms with E-state index in [1.807, 2.05) is 0 Å². The number of allylic oxidation sites excluding steroid dienone is 1. The highest BCUT2D eigenvalue weighted by Gasteiger charge is 2.33. The number of nitrogens with one attached hydrogen (secondary N) is 1. The molecule has 6 heteroatoms. The van der Waals surface area contributed by atoms with Gasteiger partial charge < -0.3 is 11.1 Å². The summed E-state index contributed by atoms with van der Waals surface area (Å²) in [7, 11) is 0. The summed E-state index contributed by atoms with van der Waals surface area (Å²) < 4.78 is 38.9. The first-order chi connectivity index (χ1) is 8.90. The van der Waals surface area contributed by atoms with Gasteiger partial charge in [0.25, 0.3) is 0 Å². The predicted molar refractivity (Wildman–Crippen MR) is 75.9 cm³/mol. The maximum Gasteiger partial charge on any atom is 0.418 e. The van der Waals surface area contributed by atoms with Crippen molar-refractivity contribution in [3.05, 3.63) is 34.7 Å². The van der Waals surface area contributed by atoms with Crippen LogP contribution in [-0.2, 0) is 6.18 Å². The molecule has 0 aliphatic rings. The number of hydrogen-bond donors (Lipinski definition) is 2. The molecule has 0 spiro atoms. The molecule has 3 N–H and O–H groups in total. The van der Waals surface area contributed by atoms with Gasteiger partial charge in [0.05, 0.1) is 5.56 Å². The molecule has 106 valence electrons. The predicted octanol–water partition coefficient (Wildman–Crippen LogP) is 4.15. The molecule has 0 unspecified atom stereocenters. The van der Waals surface area contributed by atoms with Gasteiger partial charge in [0, 0.05) is 18.1 Å². The fraction of sp³-hybridized carbons (Fsp3) is 0.385. The Bertz CT molecular complexity index is 456. The van der Waals surface area contributed by atoms with Crippen molar-refractivity contribution in [2.24, 2.45) is 5.73 Å². The van der Waals surface area contributed by atoms with Gasteiger partial charge in [-0.05, 0) is 42.5 Å². The number of alkyl halides is 3. The minimum atomic E-state index is -4.37. The molecular formula is C13H17F3N2S. The zero-order chi connectivity index (χ0) is 14.5. The molecule has 0 saturated carbocycles. The molecule has 1 aromatic rings. The maximum atomic E-state index is 13.0. The third kappa shape index (κ3) is 4.47. The van der Waals surface area contributed by atoms with Crippen LogP contribution in [0.2, 0.25) is 0 Å². The van der Waals surface area contributed by atoms with E-state index in [1.165, 1.54) is 23.9 Å². The zero-order valence-corrected chi connectivity index (χ0v) is 11.7. The molecule has 0 atom stereocenters. The van der Waals surface area contributed by atoms with Gasteiger partial charge in [-0.15, -0.1) is 11.8 Å². The number of rotatable bonds is 5. The molecule has 0 heterocycles. The van der Waals surface area contributed by atoms with Crippen LogP contribution in [0.25, 0.3) is 5.57 Å². The fourth-order valence-electron chi connectivity index (χ4n) is 1.61. The summed E-state index contributed by atoms with van der Waals surface area (Å²) in [5.74, 6) is 0.402. The maximum absolute atomic E-state index is 13.0. The van der Waals surface area contributed by atoms with E-state index in [4.69, 9.17) is 5.73 Å². The quantitative estimate of drug-likeness (QED) is 0.800. The van der Waals surface area contributed by atoms with E-state index in [1.54, 1.807) is 25.3 Å². The summed E-state index contributed by atoms with van der Waals surface area (Å²) in [6.07, 6.45) is -4.37. The summed E-state index contributed by atoms with van der Waals surface area (Å²) >= 11 is 1.36. The minimum Gasteiger partial charge on any atom is -0.385 e. The Labute approximate surface area is 115 Å². The number of benzene rings is 1. The van der Waals surface area contributed by atoms with Crippen LogP contribution < -0.4 is 11.1 Å². The van der Waals surface area contributed by atoms with Crippen molar-refractivity contribution in [3.63, 3.8) is 0 Å². The van der Waals surface area contributed by atoms with Crippen LogP contribution in [0.15, 0.2) is 23.6 Å². The van der Waals surface area contributed by atoms with Crippen LogP contribution in [0.1, 0.15) is 25.0 Å². The lowest BCUT2D eigenvalue weighted by molar-refractivity contribution is -0.137. The second kappa shape index (κ2) is 6.86. The number of anilines is 1. The van der Waals surface area contributed by atoms with E-state index in [2.05, 4.69) is 5.32 Å². The largest absolute Gasteiger partial charge is 0.418 e. The fourth-order valence-corrected chi connectivity index (χ4v) is 2.09. The standard InChI is InChI=1S/C13H17F3N2S/c1-3-18-12-5-4-10(9(2)7-19-8-17)6-11(12)13(14,15)16/h4-7,18H,3,8,17H2,1-2H3/b9-7+. The van der Waals surface area contributed by atoms with Crippen molar-refractivity contribution in [2.45, 2.75) is 20.0 Å². The molecule has 0 fully saturated rings. The second-order valence-electron chi connectivity index (χ2n) is 3.92. The van der Waals surface area contributed by atoms with E-state index in [0.717, 1.165) is 5.57 Å². The molecule has 0 aliphatic heterocycles. The molecule has 0 aromatic heterocycles. The van der Waals surface area contributed by atoms with Gasteiger partial charge in [-0.2, -0.15) is 13.2 Å². The molecule has 0 saturated heterocycles. The monoisotopic (exact) mass is 290 g/mol. The smallest absolute Gasteiger partial charge is 0.385 e. The number of hydrogen-bond acceptors (Lipinski definition) is 3. The molecule has 19 heavy (non-hydrogen) atoms. The third-order valence-corrected chi connectivity index (χ3v) is 3.22. The van der Waals surface area contributed by atoms with Gasteiger partial charge in [-0.1, -0.05) is 6.07 Å². The van der Waals surface area contributed by atoms with Crippen LogP contribution in [0, 0.1) is 0 Å². The molecular weight excluding hydrogens is 273 g/mol. The summed E-state index contributed by atoms with van der Waals surface area (Å²) in [6.45, 7) is 3.97. The van der Waals surface area contributed by atoms with Crippen molar-refractivity contribution in [1.82, 2.24) is 0 Å². The highest BCUT2D eigenvalue weighted by Crippen LogP contribution is 2.36. The van der Waals surface area contributed by atoms with Crippen molar-refractivity contribution in [1.29, 1.82) is 0 Å². The van der Waals surface area contributed by atoms with Crippen LogP contribution in [0.5, 0.6) is 0 Å². The highest BCUT2D eigenvalue weighted by molar-refractivity contribution is 8.02. The third-order valence-electron chi connectivity index (χ3n) is 2.50. The molecule has 0 bridgehead atoms. The Morgan fingerprint density at radius 2 is 2.11 bits per heavy atom. The molecule has 1 rings (SSSR count). The van der Waals surface area contributed by atoms with Crippen molar-refractivity contribution in [2.75, 3.05) is 17.7 Å². The van der Waals surface area contributed by atoms with Gasteiger partial charge in [-0.25, -0.2) is 0 Å². The Balaban J connectivity index is 3.18. The lowest BCUT2D eigenvalue weighted by Crippen LogP contribution is -2.11. The summed E-state index contributed by atoms with van der Waals surface area (Å²) in [6, 6.07) is 4.31. The second-order valence-corrected chi connectivity index (χ2v) is 4.83. The summed E-state index contributed by atoms with van der Waals surface area (Å²) in [4.78, 5) is 0. The van der Waals surface area contributed by atoms with E-state index in [0.29, 0.717) is 18.0 Å². The summed E-state index contributed by atoms with van der Waals surface area (Å²) in [5.41, 5.74) is 6.13. The Kier molecular flexibility index (Phi) is 5.75. The molecule has 1 aromatic carbocycles. The van der Waals surface area contributed by atoms with Crippen LogP contribution in [-0.4, -0.2) is 12.4 Å². The zero-order valence-electron chi connectivity index (χ0n) is 10.8. The first kappa shape index (κ1) is 15.9.